The summed E-state index contributed by atoms with van der Waals surface area (Å²) >= 11 is 0. The molecule has 1 saturated heterocycles. The van der Waals surface area contributed by atoms with Crippen LogP contribution in [0.3, 0.4) is 0 Å². The Morgan fingerprint density at radius 2 is 2.00 bits per heavy atom. The normalized spacial score (nSPS) is 15.7. The number of hydrogen-bond acceptors (Lipinski definition) is 4. The Bertz CT molecular complexity index is 767. The maximum absolute atomic E-state index is 14.3. The van der Waals surface area contributed by atoms with Gasteiger partial charge in [0.1, 0.15) is 0 Å². The molecule has 5 nitrogen and oxygen atoms in total. The minimum atomic E-state index is -0.548. The molecule has 1 fully saturated rings. The van der Waals surface area contributed by atoms with Crippen LogP contribution in [0.1, 0.15) is 19.3 Å². The molecule has 27 heavy (non-hydrogen) atoms. The lowest BCUT2D eigenvalue weighted by Gasteiger charge is -2.12. The van der Waals surface area contributed by atoms with Gasteiger partial charge < -0.3 is 20.1 Å². The molecular formula is C20H24ClFN2O3. The highest BCUT2D eigenvalue weighted by atomic mass is 35.5. The zero-order valence-corrected chi connectivity index (χ0v) is 16.0. The van der Waals surface area contributed by atoms with Gasteiger partial charge in [0.15, 0.2) is 23.1 Å². The van der Waals surface area contributed by atoms with Crippen LogP contribution in [-0.4, -0.2) is 26.1 Å². The first-order chi connectivity index (χ1) is 12.7. The number of ether oxygens (including phenoxy) is 2. The zero-order chi connectivity index (χ0) is 18.4. The third-order valence-electron chi connectivity index (χ3n) is 4.45. The molecule has 1 aliphatic heterocycles. The van der Waals surface area contributed by atoms with E-state index < -0.39 is 5.82 Å². The monoisotopic (exact) mass is 394 g/mol. The molecule has 0 aromatic heterocycles. The molecule has 0 aliphatic carbocycles. The van der Waals surface area contributed by atoms with Gasteiger partial charge in [-0.15, -0.1) is 12.4 Å². The Morgan fingerprint density at radius 1 is 1.22 bits per heavy atom. The van der Waals surface area contributed by atoms with Crippen LogP contribution in [0.4, 0.5) is 10.1 Å². The zero-order valence-electron chi connectivity index (χ0n) is 15.2. The van der Waals surface area contributed by atoms with E-state index in [9.17, 15) is 9.18 Å². The summed E-state index contributed by atoms with van der Waals surface area (Å²) in [6.45, 7) is 1.99. The molecule has 0 saturated carbocycles. The van der Waals surface area contributed by atoms with Gasteiger partial charge in [-0.3, -0.25) is 4.79 Å². The van der Waals surface area contributed by atoms with Gasteiger partial charge in [-0.2, -0.15) is 0 Å². The lowest BCUT2D eigenvalue weighted by Crippen LogP contribution is -2.15. The van der Waals surface area contributed by atoms with E-state index in [0.717, 1.165) is 25.9 Å². The van der Waals surface area contributed by atoms with Crippen molar-refractivity contribution in [3.8, 4) is 17.2 Å². The third-order valence-corrected chi connectivity index (χ3v) is 4.45. The van der Waals surface area contributed by atoms with Gasteiger partial charge in [0.2, 0.25) is 5.91 Å². The summed E-state index contributed by atoms with van der Waals surface area (Å²) in [6, 6.07) is 11.4. The highest BCUT2D eigenvalue weighted by Crippen LogP contribution is 2.33. The Kier molecular flexibility index (Phi) is 7.88. The van der Waals surface area contributed by atoms with E-state index >= 15 is 0 Å². The number of nitrogens with one attached hydrogen (secondary N) is 2. The molecule has 2 aromatic carbocycles. The fourth-order valence-electron chi connectivity index (χ4n) is 3.00. The number of amides is 1. The van der Waals surface area contributed by atoms with Crippen molar-refractivity contribution in [3.63, 3.8) is 0 Å². The lowest BCUT2D eigenvalue weighted by atomic mass is 10.0. The maximum atomic E-state index is 14.3. The van der Waals surface area contributed by atoms with Crippen LogP contribution in [0.2, 0.25) is 0 Å². The molecule has 3 rings (SSSR count). The Labute approximate surface area is 164 Å². The average Bonchev–Trinajstić information content (AvgIpc) is 3.16. The first-order valence-corrected chi connectivity index (χ1v) is 8.76. The molecule has 0 bridgehead atoms. The van der Waals surface area contributed by atoms with E-state index in [-0.39, 0.29) is 24.1 Å². The van der Waals surface area contributed by atoms with Gasteiger partial charge >= 0.3 is 0 Å². The molecule has 1 heterocycles. The van der Waals surface area contributed by atoms with Gasteiger partial charge in [0.25, 0.3) is 0 Å². The number of carbonyl (C=O) groups excluding carboxylic acids is 1. The molecule has 0 radical (unpaired) electrons. The Hall–Kier alpha value is -2.31. The molecule has 146 valence electrons. The number of halogens is 2. The summed E-state index contributed by atoms with van der Waals surface area (Å²) in [4.78, 5) is 12.0. The molecule has 2 N–H and O–H groups in total. The van der Waals surface area contributed by atoms with Crippen molar-refractivity contribution in [2.45, 2.75) is 19.3 Å². The molecule has 0 spiro atoms. The molecule has 1 aliphatic rings. The number of hydrogen-bond donors (Lipinski definition) is 2. The third kappa shape index (κ3) is 5.84. The van der Waals surface area contributed by atoms with E-state index in [0.29, 0.717) is 29.5 Å². The quantitative estimate of drug-likeness (QED) is 0.731. The standard InChI is InChI=1S/C20H23FN2O3.ClH/c1-25-18-4-2-3-5-19(18)26-17-8-7-15(12-16(17)21)23-20(24)9-6-14-10-11-22-13-14;/h2-5,7-8,12,14,22H,6,9-11,13H2,1H3,(H,23,24);1H. The topological polar surface area (TPSA) is 59.6 Å². The fraction of sp³-hybridized carbons (Fsp3) is 0.350. The van der Waals surface area contributed by atoms with Crippen LogP contribution < -0.4 is 20.1 Å². The molecule has 1 atom stereocenters. The summed E-state index contributed by atoms with van der Waals surface area (Å²) in [5, 5.41) is 6.02. The highest BCUT2D eigenvalue weighted by molar-refractivity contribution is 5.90. The van der Waals surface area contributed by atoms with Gasteiger partial charge in [-0.1, -0.05) is 12.1 Å². The minimum absolute atomic E-state index is 0. The van der Waals surface area contributed by atoms with Crippen LogP contribution in [0.25, 0.3) is 0 Å². The maximum Gasteiger partial charge on any atom is 0.224 e. The van der Waals surface area contributed by atoms with E-state index in [1.807, 2.05) is 6.07 Å². The van der Waals surface area contributed by atoms with Crippen molar-refractivity contribution in [3.05, 3.63) is 48.3 Å². The smallest absolute Gasteiger partial charge is 0.224 e. The Morgan fingerprint density at radius 3 is 2.67 bits per heavy atom. The van der Waals surface area contributed by atoms with E-state index in [1.54, 1.807) is 24.3 Å². The molecule has 1 amide bonds. The summed E-state index contributed by atoms with van der Waals surface area (Å²) in [5.41, 5.74) is 0.421. The number of methoxy groups -OCH3 is 1. The van der Waals surface area contributed by atoms with Crippen LogP contribution in [0, 0.1) is 11.7 Å². The number of para-hydroxylation sites is 2. The van der Waals surface area contributed by atoms with Crippen molar-refractivity contribution in [2.75, 3.05) is 25.5 Å². The van der Waals surface area contributed by atoms with Crippen molar-refractivity contribution in [1.82, 2.24) is 5.32 Å². The van der Waals surface area contributed by atoms with Crippen LogP contribution >= 0.6 is 12.4 Å². The van der Waals surface area contributed by atoms with E-state index in [2.05, 4.69) is 10.6 Å². The summed E-state index contributed by atoms with van der Waals surface area (Å²) in [7, 11) is 1.53. The Balaban J connectivity index is 0.00000261. The first-order valence-electron chi connectivity index (χ1n) is 8.76. The predicted molar refractivity (Wildman–Crippen MR) is 106 cm³/mol. The predicted octanol–water partition coefficient (Wildman–Crippen LogP) is 4.38. The second kappa shape index (κ2) is 10.1. The summed E-state index contributed by atoms with van der Waals surface area (Å²) in [6.07, 6.45) is 2.39. The first kappa shape index (κ1) is 21.0. The second-order valence-corrected chi connectivity index (χ2v) is 6.34. The van der Waals surface area contributed by atoms with E-state index in [1.165, 1.54) is 19.2 Å². The van der Waals surface area contributed by atoms with Gasteiger partial charge in [0.05, 0.1) is 7.11 Å². The van der Waals surface area contributed by atoms with Crippen molar-refractivity contribution >= 4 is 24.0 Å². The van der Waals surface area contributed by atoms with E-state index in [4.69, 9.17) is 9.47 Å². The van der Waals surface area contributed by atoms with Gasteiger partial charge in [-0.05, 0) is 56.1 Å². The van der Waals surface area contributed by atoms with Crippen LogP contribution in [-0.2, 0) is 4.79 Å². The second-order valence-electron chi connectivity index (χ2n) is 6.34. The minimum Gasteiger partial charge on any atom is -0.493 e. The highest BCUT2D eigenvalue weighted by Gasteiger charge is 2.16. The average molecular weight is 395 g/mol. The number of carbonyl (C=O) groups is 1. The largest absolute Gasteiger partial charge is 0.493 e. The number of benzene rings is 2. The van der Waals surface area contributed by atoms with Crippen molar-refractivity contribution in [1.29, 1.82) is 0 Å². The summed E-state index contributed by atoms with van der Waals surface area (Å²) < 4.78 is 25.1. The summed E-state index contributed by atoms with van der Waals surface area (Å²) in [5.74, 6) is 0.920. The van der Waals surface area contributed by atoms with Gasteiger partial charge in [-0.25, -0.2) is 4.39 Å². The number of rotatable bonds is 7. The number of anilines is 1. The molecule has 2 aromatic rings. The fourth-order valence-corrected chi connectivity index (χ4v) is 3.00. The molecule has 1 unspecified atom stereocenters. The lowest BCUT2D eigenvalue weighted by molar-refractivity contribution is -0.116. The molecule has 7 heteroatoms. The van der Waals surface area contributed by atoms with Crippen molar-refractivity contribution in [2.24, 2.45) is 5.92 Å². The SMILES string of the molecule is COc1ccccc1Oc1ccc(NC(=O)CCC2CCNC2)cc1F.Cl. The van der Waals surface area contributed by atoms with Crippen LogP contribution in [0.5, 0.6) is 17.2 Å². The molecular weight excluding hydrogens is 371 g/mol. The van der Waals surface area contributed by atoms with Gasteiger partial charge in [0, 0.05) is 18.2 Å². The van der Waals surface area contributed by atoms with Crippen LogP contribution in [0.15, 0.2) is 42.5 Å². The van der Waals surface area contributed by atoms with Crippen molar-refractivity contribution < 1.29 is 18.7 Å².